The highest BCUT2D eigenvalue weighted by Crippen LogP contribution is 2.22. The lowest BCUT2D eigenvalue weighted by molar-refractivity contribution is -0.125. The average molecular weight is 432 g/mol. The van der Waals surface area contributed by atoms with Crippen molar-refractivity contribution >= 4 is 40.4 Å². The lowest BCUT2D eigenvalue weighted by Crippen LogP contribution is -2.41. The summed E-state index contributed by atoms with van der Waals surface area (Å²) in [5.74, 6) is -0.249. The van der Waals surface area contributed by atoms with Crippen LogP contribution in [-0.4, -0.2) is 46.6 Å². The maximum absolute atomic E-state index is 12.2. The molecule has 8 nitrogen and oxygen atoms in total. The number of carbonyl (C=O) groups is 2. The predicted octanol–water partition coefficient (Wildman–Crippen LogP) is 2.58. The second kappa shape index (κ2) is 8.32. The van der Waals surface area contributed by atoms with Crippen molar-refractivity contribution in [2.24, 2.45) is 0 Å². The molecule has 1 saturated heterocycles. The molecule has 3 heterocycles. The molecule has 0 bridgehead atoms. The van der Waals surface area contributed by atoms with Gasteiger partial charge in [-0.1, -0.05) is 16.8 Å². The number of carbonyl (C=O) groups excluding carboxylic acids is 2. The molecule has 29 heavy (non-hydrogen) atoms. The molecule has 0 saturated carbocycles. The van der Waals surface area contributed by atoms with Crippen molar-refractivity contribution in [2.45, 2.75) is 13.5 Å². The van der Waals surface area contributed by atoms with E-state index in [2.05, 4.69) is 15.6 Å². The van der Waals surface area contributed by atoms with Gasteiger partial charge in [-0.2, -0.15) is 0 Å². The summed E-state index contributed by atoms with van der Waals surface area (Å²) in [7, 11) is 0. The maximum Gasteiger partial charge on any atom is 0.261 e. The number of nitrogens with zero attached hydrogens (tertiary/aromatic N) is 4. The number of ether oxygens (including phenoxy) is 1. The smallest absolute Gasteiger partial charge is 0.261 e. The normalized spacial score (nSPS) is 14.3. The number of thiophene rings is 1. The fraction of sp³-hybridized carbons (Fsp3) is 0.263. The Morgan fingerprint density at radius 2 is 2.00 bits per heavy atom. The molecule has 0 spiro atoms. The van der Waals surface area contributed by atoms with Crippen LogP contribution in [0.4, 0.5) is 5.69 Å². The second-order valence-electron chi connectivity index (χ2n) is 6.43. The molecule has 3 aromatic rings. The third kappa shape index (κ3) is 4.16. The summed E-state index contributed by atoms with van der Waals surface area (Å²) < 4.78 is 7.44. The van der Waals surface area contributed by atoms with Crippen LogP contribution in [0, 0.1) is 6.92 Å². The monoisotopic (exact) mass is 431 g/mol. The first kappa shape index (κ1) is 19.6. The summed E-state index contributed by atoms with van der Waals surface area (Å²) >= 11 is 7.10. The third-order valence-corrected chi connectivity index (χ3v) is 5.83. The van der Waals surface area contributed by atoms with E-state index >= 15 is 0 Å². The number of halogens is 1. The lowest BCUT2D eigenvalue weighted by atomic mass is 10.2. The van der Waals surface area contributed by atoms with Crippen LogP contribution in [0.1, 0.15) is 21.1 Å². The number of benzene rings is 1. The van der Waals surface area contributed by atoms with Crippen LogP contribution in [0.15, 0.2) is 36.4 Å². The molecule has 0 unspecified atom stereocenters. The number of hydrogen-bond donors (Lipinski definition) is 1. The summed E-state index contributed by atoms with van der Waals surface area (Å²) in [4.78, 5) is 26.4. The first-order valence-electron chi connectivity index (χ1n) is 8.96. The third-order valence-electron chi connectivity index (χ3n) is 4.60. The van der Waals surface area contributed by atoms with Gasteiger partial charge in [0.05, 0.1) is 33.7 Å². The van der Waals surface area contributed by atoms with Gasteiger partial charge in [-0.25, -0.2) is 4.68 Å². The van der Waals surface area contributed by atoms with Crippen molar-refractivity contribution in [3.05, 3.63) is 57.0 Å². The topological polar surface area (TPSA) is 89.3 Å². The van der Waals surface area contributed by atoms with Crippen LogP contribution in [-0.2, 0) is 16.1 Å². The molecule has 0 atom stereocenters. The van der Waals surface area contributed by atoms with Gasteiger partial charge in [0.15, 0.2) is 0 Å². The summed E-state index contributed by atoms with van der Waals surface area (Å²) in [6, 6.07) is 10.9. The largest absolute Gasteiger partial charge is 0.370 e. The Hall–Kier alpha value is -2.75. The minimum absolute atomic E-state index is 0.0500. The highest BCUT2D eigenvalue weighted by molar-refractivity contribution is 7.17. The van der Waals surface area contributed by atoms with Crippen LogP contribution in [0.5, 0.6) is 0 Å². The van der Waals surface area contributed by atoms with Crippen LogP contribution >= 0.6 is 22.9 Å². The Morgan fingerprint density at radius 1 is 1.24 bits per heavy atom. The van der Waals surface area contributed by atoms with Crippen LogP contribution in [0.3, 0.4) is 0 Å². The van der Waals surface area contributed by atoms with Crippen molar-refractivity contribution in [1.82, 2.24) is 20.3 Å². The Kier molecular flexibility index (Phi) is 5.61. The number of anilines is 1. The Bertz CT molecular complexity index is 1050. The molecule has 4 rings (SSSR count). The number of nitrogens with one attached hydrogen (secondary N) is 1. The van der Waals surface area contributed by atoms with E-state index in [0.717, 1.165) is 17.1 Å². The second-order valence-corrected chi connectivity index (χ2v) is 8.15. The van der Waals surface area contributed by atoms with E-state index in [9.17, 15) is 9.59 Å². The molecule has 1 N–H and O–H groups in total. The van der Waals surface area contributed by atoms with Gasteiger partial charge in [0.1, 0.15) is 12.3 Å². The standard InChI is InChI=1S/C19H18ClN5O3S/c1-12-15(10-21-19(27)16-6-7-17(20)29-16)22-23-25(12)14-4-2-13(3-5-14)24-8-9-28-11-18(24)26/h2-7H,8-11H2,1H3,(H,21,27). The number of morpholine rings is 1. The first-order chi connectivity index (χ1) is 14.0. The summed E-state index contributed by atoms with van der Waals surface area (Å²) in [5, 5.41) is 11.2. The highest BCUT2D eigenvalue weighted by Gasteiger charge is 2.20. The van der Waals surface area contributed by atoms with E-state index in [1.54, 1.807) is 21.7 Å². The molecular weight excluding hydrogens is 414 g/mol. The van der Waals surface area contributed by atoms with E-state index < -0.39 is 0 Å². The SMILES string of the molecule is Cc1c(CNC(=O)c2ccc(Cl)s2)nnn1-c1ccc(N2CCOCC2=O)cc1. The van der Waals surface area contributed by atoms with Crippen molar-refractivity contribution in [3.63, 3.8) is 0 Å². The minimum atomic E-state index is -0.199. The van der Waals surface area contributed by atoms with Gasteiger partial charge in [0.2, 0.25) is 0 Å². The zero-order valence-electron chi connectivity index (χ0n) is 15.6. The van der Waals surface area contributed by atoms with Crippen LogP contribution < -0.4 is 10.2 Å². The molecular formula is C19H18ClN5O3S. The van der Waals surface area contributed by atoms with E-state index in [1.165, 1.54) is 11.3 Å². The molecule has 1 aliphatic rings. The van der Waals surface area contributed by atoms with Crippen molar-refractivity contribution < 1.29 is 14.3 Å². The first-order valence-corrected chi connectivity index (χ1v) is 10.2. The Labute approximate surface area is 176 Å². The maximum atomic E-state index is 12.2. The van der Waals surface area contributed by atoms with E-state index in [-0.39, 0.29) is 25.0 Å². The molecule has 2 aromatic heterocycles. The van der Waals surface area contributed by atoms with Gasteiger partial charge in [0.25, 0.3) is 11.8 Å². The summed E-state index contributed by atoms with van der Waals surface area (Å²) in [5.41, 5.74) is 3.14. The minimum Gasteiger partial charge on any atom is -0.370 e. The Balaban J connectivity index is 1.45. The summed E-state index contributed by atoms with van der Waals surface area (Å²) in [6.45, 7) is 3.34. The van der Waals surface area contributed by atoms with Gasteiger partial charge < -0.3 is 15.0 Å². The fourth-order valence-corrected chi connectivity index (χ4v) is 3.98. The summed E-state index contributed by atoms with van der Waals surface area (Å²) in [6.07, 6.45) is 0. The molecule has 1 aromatic carbocycles. The van der Waals surface area contributed by atoms with E-state index in [1.807, 2.05) is 31.2 Å². The molecule has 2 amide bonds. The quantitative estimate of drug-likeness (QED) is 0.670. The molecule has 10 heteroatoms. The van der Waals surface area contributed by atoms with Crippen molar-refractivity contribution in [2.75, 3.05) is 24.7 Å². The van der Waals surface area contributed by atoms with Gasteiger partial charge in [-0.15, -0.1) is 16.4 Å². The van der Waals surface area contributed by atoms with Gasteiger partial charge in [-0.3, -0.25) is 9.59 Å². The predicted molar refractivity (Wildman–Crippen MR) is 110 cm³/mol. The number of rotatable bonds is 5. The van der Waals surface area contributed by atoms with Crippen molar-refractivity contribution in [3.8, 4) is 5.69 Å². The fourth-order valence-electron chi connectivity index (χ4n) is 3.02. The van der Waals surface area contributed by atoms with Gasteiger partial charge in [0, 0.05) is 12.2 Å². The highest BCUT2D eigenvalue weighted by atomic mass is 35.5. The van der Waals surface area contributed by atoms with E-state index in [0.29, 0.717) is 28.1 Å². The molecule has 1 aliphatic heterocycles. The van der Waals surface area contributed by atoms with Crippen LogP contribution in [0.25, 0.3) is 5.69 Å². The molecule has 1 fully saturated rings. The number of hydrogen-bond acceptors (Lipinski definition) is 6. The average Bonchev–Trinajstić information content (AvgIpc) is 3.32. The zero-order valence-corrected chi connectivity index (χ0v) is 17.2. The van der Waals surface area contributed by atoms with Crippen molar-refractivity contribution in [1.29, 1.82) is 0 Å². The molecule has 0 radical (unpaired) electrons. The van der Waals surface area contributed by atoms with E-state index in [4.69, 9.17) is 16.3 Å². The van der Waals surface area contributed by atoms with Gasteiger partial charge >= 0.3 is 0 Å². The number of aromatic nitrogens is 3. The molecule has 150 valence electrons. The number of amides is 2. The molecule has 0 aliphatic carbocycles. The lowest BCUT2D eigenvalue weighted by Gasteiger charge is -2.26. The zero-order chi connectivity index (χ0) is 20.4. The Morgan fingerprint density at radius 3 is 2.69 bits per heavy atom. The van der Waals surface area contributed by atoms with Gasteiger partial charge in [-0.05, 0) is 43.3 Å². The van der Waals surface area contributed by atoms with Crippen LogP contribution in [0.2, 0.25) is 4.34 Å².